The van der Waals surface area contributed by atoms with Crippen molar-refractivity contribution in [1.29, 1.82) is 0 Å². The molecule has 5 nitrogen and oxygen atoms in total. The first kappa shape index (κ1) is 14.5. The molecule has 108 valence electrons. The molecule has 1 aromatic carbocycles. The molecule has 1 heterocycles. The molecule has 1 atom stereocenters. The Kier molecular flexibility index (Phi) is 4.74. The summed E-state index contributed by atoms with van der Waals surface area (Å²) < 4.78 is 0. The van der Waals surface area contributed by atoms with Gasteiger partial charge in [0.25, 0.3) is 0 Å². The normalized spacial score (nSPS) is 18.9. The van der Waals surface area contributed by atoms with E-state index in [1.54, 1.807) is 23.1 Å². The molecule has 1 unspecified atom stereocenters. The van der Waals surface area contributed by atoms with Crippen LogP contribution in [-0.4, -0.2) is 46.2 Å². The fourth-order valence-electron chi connectivity index (χ4n) is 2.67. The summed E-state index contributed by atoms with van der Waals surface area (Å²) in [6.07, 6.45) is 2.82. The van der Waals surface area contributed by atoms with Gasteiger partial charge < -0.3 is 15.1 Å². The van der Waals surface area contributed by atoms with Gasteiger partial charge >= 0.3 is 5.97 Å². The lowest BCUT2D eigenvalue weighted by atomic mass is 9.99. The Morgan fingerprint density at radius 2 is 2.00 bits per heavy atom. The van der Waals surface area contributed by atoms with Crippen LogP contribution >= 0.6 is 0 Å². The zero-order chi connectivity index (χ0) is 14.5. The molecular weight excluding hydrogens is 258 g/mol. The Labute approximate surface area is 117 Å². The van der Waals surface area contributed by atoms with Crippen molar-refractivity contribution < 1.29 is 19.8 Å². The number of amides is 1. The maximum atomic E-state index is 12.3. The van der Waals surface area contributed by atoms with Crippen LogP contribution in [-0.2, 0) is 11.2 Å². The average molecular weight is 277 g/mol. The van der Waals surface area contributed by atoms with Gasteiger partial charge in [0.2, 0.25) is 5.91 Å². The molecule has 0 aromatic heterocycles. The highest BCUT2D eigenvalue weighted by atomic mass is 16.4. The number of hydrogen-bond donors (Lipinski definition) is 2. The van der Waals surface area contributed by atoms with Crippen molar-refractivity contribution in [2.24, 2.45) is 0 Å². The fourth-order valence-corrected chi connectivity index (χ4v) is 2.67. The van der Waals surface area contributed by atoms with Crippen molar-refractivity contribution in [2.75, 3.05) is 13.2 Å². The highest BCUT2D eigenvalue weighted by molar-refractivity contribution is 5.91. The number of carboxylic acid groups (broad SMARTS) is 1. The zero-order valence-corrected chi connectivity index (χ0v) is 11.3. The summed E-state index contributed by atoms with van der Waals surface area (Å²) in [5.41, 5.74) is 0.686. The first-order valence-corrected chi connectivity index (χ1v) is 6.85. The number of aliphatic hydroxyl groups excluding tert-OH is 1. The molecule has 0 bridgehead atoms. The van der Waals surface area contributed by atoms with Crippen molar-refractivity contribution in [2.45, 2.75) is 31.7 Å². The van der Waals surface area contributed by atoms with Crippen LogP contribution in [0.3, 0.4) is 0 Å². The molecule has 2 rings (SSSR count). The van der Waals surface area contributed by atoms with Gasteiger partial charge in [0, 0.05) is 6.54 Å². The fraction of sp³-hybridized carbons (Fsp3) is 0.467. The predicted molar refractivity (Wildman–Crippen MR) is 73.5 cm³/mol. The molecule has 1 saturated heterocycles. The first-order chi connectivity index (χ1) is 9.63. The van der Waals surface area contributed by atoms with Crippen molar-refractivity contribution in [3.8, 4) is 0 Å². The largest absolute Gasteiger partial charge is 0.478 e. The number of carbonyl (C=O) groups excluding carboxylic acids is 1. The number of carboxylic acids is 1. The highest BCUT2D eigenvalue weighted by Crippen LogP contribution is 2.19. The predicted octanol–water partition coefficient (Wildman–Crippen LogP) is 1.30. The summed E-state index contributed by atoms with van der Waals surface area (Å²) in [6.45, 7) is 0.603. The molecule has 1 fully saturated rings. The van der Waals surface area contributed by atoms with E-state index in [2.05, 4.69) is 0 Å². The van der Waals surface area contributed by atoms with E-state index in [1.807, 2.05) is 0 Å². The van der Waals surface area contributed by atoms with Gasteiger partial charge in [0.15, 0.2) is 0 Å². The molecular formula is C15H19NO4. The number of nitrogens with zero attached hydrogens (tertiary/aromatic N) is 1. The molecule has 0 spiro atoms. The number of aromatic carboxylic acids is 1. The number of rotatable bonds is 4. The monoisotopic (exact) mass is 277 g/mol. The topological polar surface area (TPSA) is 77.8 Å². The average Bonchev–Trinajstić information content (AvgIpc) is 2.47. The van der Waals surface area contributed by atoms with Crippen molar-refractivity contribution in [3.05, 3.63) is 35.4 Å². The summed E-state index contributed by atoms with van der Waals surface area (Å²) in [4.78, 5) is 25.2. The Morgan fingerprint density at radius 1 is 1.25 bits per heavy atom. The van der Waals surface area contributed by atoms with Gasteiger partial charge in [-0.05, 0) is 30.9 Å². The van der Waals surface area contributed by atoms with Gasteiger partial charge in [-0.15, -0.1) is 0 Å². The van der Waals surface area contributed by atoms with Gasteiger partial charge in [-0.2, -0.15) is 0 Å². The number of carbonyl (C=O) groups is 2. The SMILES string of the molecule is O=C(O)c1ccccc1CC(=O)N1CCCCC1CO. The molecule has 0 aliphatic carbocycles. The molecule has 0 radical (unpaired) electrons. The maximum absolute atomic E-state index is 12.3. The van der Waals surface area contributed by atoms with Gasteiger partial charge in [0.05, 0.1) is 24.6 Å². The lowest BCUT2D eigenvalue weighted by Gasteiger charge is -2.34. The summed E-state index contributed by atoms with van der Waals surface area (Å²) in [5, 5.41) is 18.5. The van der Waals surface area contributed by atoms with Crippen molar-refractivity contribution in [3.63, 3.8) is 0 Å². The Morgan fingerprint density at radius 3 is 2.70 bits per heavy atom. The maximum Gasteiger partial charge on any atom is 0.335 e. The summed E-state index contributed by atoms with van der Waals surface area (Å²) in [5.74, 6) is -1.14. The minimum atomic E-state index is -1.02. The van der Waals surface area contributed by atoms with E-state index in [-0.39, 0.29) is 30.5 Å². The molecule has 5 heteroatoms. The van der Waals surface area contributed by atoms with Crippen LogP contribution in [0.2, 0.25) is 0 Å². The third kappa shape index (κ3) is 3.17. The second-order valence-corrected chi connectivity index (χ2v) is 5.06. The third-order valence-corrected chi connectivity index (χ3v) is 3.75. The van der Waals surface area contributed by atoms with E-state index >= 15 is 0 Å². The van der Waals surface area contributed by atoms with Crippen LogP contribution in [0, 0.1) is 0 Å². The van der Waals surface area contributed by atoms with Crippen molar-refractivity contribution in [1.82, 2.24) is 4.90 Å². The Bertz CT molecular complexity index is 500. The van der Waals surface area contributed by atoms with Crippen LogP contribution in [0.15, 0.2) is 24.3 Å². The molecule has 1 aliphatic rings. The Hall–Kier alpha value is -1.88. The van der Waals surface area contributed by atoms with Crippen LogP contribution < -0.4 is 0 Å². The lowest BCUT2D eigenvalue weighted by molar-refractivity contribution is -0.135. The summed E-state index contributed by atoms with van der Waals surface area (Å²) in [7, 11) is 0. The smallest absolute Gasteiger partial charge is 0.335 e. The van der Waals surface area contributed by atoms with Crippen LogP contribution in [0.25, 0.3) is 0 Å². The van der Waals surface area contributed by atoms with Crippen LogP contribution in [0.1, 0.15) is 35.2 Å². The van der Waals surface area contributed by atoms with E-state index in [0.717, 1.165) is 19.3 Å². The standard InChI is InChI=1S/C15H19NO4/c17-10-12-6-3-4-8-16(12)14(18)9-11-5-1-2-7-13(11)15(19)20/h1-2,5,7,12,17H,3-4,6,8-10H2,(H,19,20). The molecule has 1 aromatic rings. The second kappa shape index (κ2) is 6.52. The highest BCUT2D eigenvalue weighted by Gasteiger charge is 2.26. The minimum absolute atomic E-state index is 0.0354. The molecule has 0 saturated carbocycles. The van der Waals surface area contributed by atoms with Gasteiger partial charge in [0.1, 0.15) is 0 Å². The first-order valence-electron chi connectivity index (χ1n) is 6.85. The van der Waals surface area contributed by atoms with E-state index in [1.165, 1.54) is 6.07 Å². The molecule has 1 amide bonds. The lowest BCUT2D eigenvalue weighted by Crippen LogP contribution is -2.46. The minimum Gasteiger partial charge on any atom is -0.478 e. The van der Waals surface area contributed by atoms with Crippen LogP contribution in [0.5, 0.6) is 0 Å². The number of hydrogen-bond acceptors (Lipinski definition) is 3. The second-order valence-electron chi connectivity index (χ2n) is 5.06. The number of likely N-dealkylation sites (tertiary alicyclic amines) is 1. The Balaban J connectivity index is 2.13. The number of piperidine rings is 1. The van der Waals surface area contributed by atoms with E-state index in [0.29, 0.717) is 12.1 Å². The van der Waals surface area contributed by atoms with E-state index in [4.69, 9.17) is 5.11 Å². The third-order valence-electron chi connectivity index (χ3n) is 3.75. The number of aliphatic hydroxyl groups is 1. The molecule has 2 N–H and O–H groups in total. The van der Waals surface area contributed by atoms with E-state index < -0.39 is 5.97 Å². The van der Waals surface area contributed by atoms with E-state index in [9.17, 15) is 14.7 Å². The van der Waals surface area contributed by atoms with Crippen LogP contribution in [0.4, 0.5) is 0 Å². The summed E-state index contributed by atoms with van der Waals surface area (Å²) >= 11 is 0. The number of benzene rings is 1. The van der Waals surface area contributed by atoms with Crippen molar-refractivity contribution >= 4 is 11.9 Å². The quantitative estimate of drug-likeness (QED) is 0.869. The van der Waals surface area contributed by atoms with Gasteiger partial charge in [-0.1, -0.05) is 18.2 Å². The zero-order valence-electron chi connectivity index (χ0n) is 11.3. The summed E-state index contributed by atoms with van der Waals surface area (Å²) in [6, 6.07) is 6.42. The molecule has 1 aliphatic heterocycles. The molecule has 20 heavy (non-hydrogen) atoms. The van der Waals surface area contributed by atoms with Gasteiger partial charge in [-0.25, -0.2) is 4.79 Å². The van der Waals surface area contributed by atoms with Gasteiger partial charge in [-0.3, -0.25) is 4.79 Å².